The topological polar surface area (TPSA) is 0 Å². The minimum Gasteiger partial charge on any atom is -0.0654 e. The molecule has 3 aliphatic carbocycles. The molecule has 0 radical (unpaired) electrons. The summed E-state index contributed by atoms with van der Waals surface area (Å²) < 4.78 is 0. The van der Waals surface area contributed by atoms with Crippen molar-refractivity contribution in [1.82, 2.24) is 0 Å². The van der Waals surface area contributed by atoms with Crippen LogP contribution in [0.15, 0.2) is 0 Å². The molecule has 0 N–H and O–H groups in total. The van der Waals surface area contributed by atoms with E-state index in [2.05, 4.69) is 20.8 Å². The molecule has 0 unspecified atom stereocenters. The van der Waals surface area contributed by atoms with Crippen LogP contribution in [0.2, 0.25) is 0 Å². The molecule has 0 aromatic rings. The van der Waals surface area contributed by atoms with Crippen molar-refractivity contribution < 1.29 is 0 Å². The monoisotopic (exact) mass is 346 g/mol. The average Bonchev–Trinajstić information content (AvgIpc) is 2.64. The summed E-state index contributed by atoms with van der Waals surface area (Å²) in [5, 5.41) is 0. The van der Waals surface area contributed by atoms with Crippen molar-refractivity contribution in [2.75, 3.05) is 0 Å². The van der Waals surface area contributed by atoms with E-state index in [1.807, 2.05) is 0 Å². The molecule has 0 aromatic carbocycles. The normalized spacial score (nSPS) is 43.1. The van der Waals surface area contributed by atoms with E-state index in [9.17, 15) is 0 Å². The van der Waals surface area contributed by atoms with Gasteiger partial charge in [0.15, 0.2) is 0 Å². The van der Waals surface area contributed by atoms with Gasteiger partial charge in [-0.25, -0.2) is 0 Å². The zero-order valence-corrected chi connectivity index (χ0v) is 17.7. The van der Waals surface area contributed by atoms with Crippen LogP contribution in [0, 0.1) is 35.0 Å². The van der Waals surface area contributed by atoms with E-state index in [-0.39, 0.29) is 0 Å². The van der Waals surface area contributed by atoms with E-state index >= 15 is 0 Å². The fourth-order valence-corrected chi connectivity index (χ4v) is 7.11. The van der Waals surface area contributed by atoms with Gasteiger partial charge >= 0.3 is 0 Å². The molecule has 0 aromatic heterocycles. The highest BCUT2D eigenvalue weighted by molar-refractivity contribution is 4.88. The lowest BCUT2D eigenvalue weighted by atomic mass is 9.62. The number of hydrogen-bond acceptors (Lipinski definition) is 0. The van der Waals surface area contributed by atoms with Crippen LogP contribution < -0.4 is 0 Å². The molecule has 0 nitrogen and oxygen atoms in total. The predicted molar refractivity (Wildman–Crippen MR) is 111 cm³/mol. The van der Waals surface area contributed by atoms with E-state index in [4.69, 9.17) is 0 Å². The first-order valence-corrected chi connectivity index (χ1v) is 12.1. The van der Waals surface area contributed by atoms with Crippen LogP contribution in [-0.4, -0.2) is 0 Å². The summed E-state index contributed by atoms with van der Waals surface area (Å²) in [6.07, 6.45) is 24.4. The molecule has 0 bridgehead atoms. The van der Waals surface area contributed by atoms with Crippen LogP contribution in [0.3, 0.4) is 0 Å². The van der Waals surface area contributed by atoms with Crippen molar-refractivity contribution in [3.05, 3.63) is 0 Å². The average molecular weight is 347 g/mol. The van der Waals surface area contributed by atoms with Gasteiger partial charge in [0.1, 0.15) is 0 Å². The quantitative estimate of drug-likeness (QED) is 0.453. The Balaban J connectivity index is 1.38. The smallest absolute Gasteiger partial charge is 0.0326 e. The van der Waals surface area contributed by atoms with E-state index in [1.165, 1.54) is 38.5 Å². The van der Waals surface area contributed by atoms with Gasteiger partial charge in [-0.1, -0.05) is 52.9 Å². The summed E-state index contributed by atoms with van der Waals surface area (Å²) in [5.41, 5.74) is 0.694. The van der Waals surface area contributed by atoms with Gasteiger partial charge in [0.2, 0.25) is 0 Å². The van der Waals surface area contributed by atoms with Crippen LogP contribution in [0.25, 0.3) is 0 Å². The maximum atomic E-state index is 2.57. The first kappa shape index (κ1) is 19.8. The molecule has 25 heavy (non-hydrogen) atoms. The van der Waals surface area contributed by atoms with Crippen LogP contribution in [0.5, 0.6) is 0 Å². The van der Waals surface area contributed by atoms with Crippen molar-refractivity contribution in [3.63, 3.8) is 0 Å². The molecule has 3 rings (SSSR count). The van der Waals surface area contributed by atoms with Gasteiger partial charge in [0, 0.05) is 0 Å². The van der Waals surface area contributed by atoms with Gasteiger partial charge in [-0.05, 0) is 106 Å². The van der Waals surface area contributed by atoms with Crippen LogP contribution in [0.1, 0.15) is 124 Å². The lowest BCUT2D eigenvalue weighted by molar-refractivity contribution is 0.0790. The second-order valence-corrected chi connectivity index (χ2v) is 10.6. The first-order chi connectivity index (χ1) is 12.1. The Kier molecular flexibility index (Phi) is 7.33. The van der Waals surface area contributed by atoms with Crippen molar-refractivity contribution in [1.29, 1.82) is 0 Å². The molecule has 3 aliphatic rings. The third-order valence-corrected chi connectivity index (χ3v) is 8.83. The van der Waals surface area contributed by atoms with Gasteiger partial charge in [-0.2, -0.15) is 0 Å². The third-order valence-electron chi connectivity index (χ3n) is 8.83. The molecule has 0 atom stereocenters. The van der Waals surface area contributed by atoms with Crippen molar-refractivity contribution >= 4 is 0 Å². The van der Waals surface area contributed by atoms with Crippen LogP contribution in [0.4, 0.5) is 0 Å². The molecule has 146 valence electrons. The van der Waals surface area contributed by atoms with Crippen LogP contribution in [-0.2, 0) is 0 Å². The van der Waals surface area contributed by atoms with Gasteiger partial charge in [-0.15, -0.1) is 0 Å². The van der Waals surface area contributed by atoms with Gasteiger partial charge in [-0.3, -0.25) is 0 Å². The molecule has 3 fully saturated rings. The highest BCUT2D eigenvalue weighted by Gasteiger charge is 2.37. The summed E-state index contributed by atoms with van der Waals surface area (Å²) in [5.74, 6) is 5.48. The fraction of sp³-hybridized carbons (Fsp3) is 1.00. The minimum atomic E-state index is 0.694. The van der Waals surface area contributed by atoms with E-state index in [0.29, 0.717) is 5.41 Å². The summed E-state index contributed by atoms with van der Waals surface area (Å²) >= 11 is 0. The Morgan fingerprint density at radius 3 is 1.48 bits per heavy atom. The molecule has 3 saturated carbocycles. The first-order valence-electron chi connectivity index (χ1n) is 12.1. The van der Waals surface area contributed by atoms with Crippen molar-refractivity contribution in [2.24, 2.45) is 35.0 Å². The lowest BCUT2D eigenvalue weighted by Gasteiger charge is -2.44. The van der Waals surface area contributed by atoms with E-state index < -0.39 is 0 Å². The zero-order chi connectivity index (χ0) is 17.7. The predicted octanol–water partition coefficient (Wildman–Crippen LogP) is 8.40. The largest absolute Gasteiger partial charge is 0.0654 e. The standard InChI is InChI=1S/C25H46/c1-4-6-20-7-9-21(10-8-20)22-11-13-23(14-12-22)24-15-18-25(3,17-5-2)19-16-24/h20-24H,4-19H2,1-3H3. The second kappa shape index (κ2) is 9.27. The molecule has 0 heteroatoms. The summed E-state index contributed by atoms with van der Waals surface area (Å²) in [6, 6.07) is 0. The summed E-state index contributed by atoms with van der Waals surface area (Å²) in [7, 11) is 0. The highest BCUT2D eigenvalue weighted by Crippen LogP contribution is 2.49. The van der Waals surface area contributed by atoms with Crippen molar-refractivity contribution in [3.8, 4) is 0 Å². The Labute approximate surface area is 158 Å². The Hall–Kier alpha value is 0. The SMILES string of the molecule is CCCC1CCC(C2CCC(C3CCC(C)(CCC)CC3)CC2)CC1. The Bertz CT molecular complexity index is 359. The van der Waals surface area contributed by atoms with E-state index in [0.717, 1.165) is 29.6 Å². The summed E-state index contributed by atoms with van der Waals surface area (Å²) in [6.45, 7) is 7.30. The second-order valence-electron chi connectivity index (χ2n) is 10.6. The molecule has 0 saturated heterocycles. The Morgan fingerprint density at radius 2 is 1.04 bits per heavy atom. The number of rotatable bonds is 6. The Morgan fingerprint density at radius 1 is 0.600 bits per heavy atom. The summed E-state index contributed by atoms with van der Waals surface area (Å²) in [4.78, 5) is 0. The minimum absolute atomic E-state index is 0.694. The molecular weight excluding hydrogens is 300 g/mol. The van der Waals surface area contributed by atoms with Crippen molar-refractivity contribution in [2.45, 2.75) is 124 Å². The molecule has 0 aliphatic heterocycles. The van der Waals surface area contributed by atoms with E-state index in [1.54, 1.807) is 64.2 Å². The molecule has 0 heterocycles. The maximum absolute atomic E-state index is 2.57. The van der Waals surface area contributed by atoms with Crippen LogP contribution >= 0.6 is 0 Å². The zero-order valence-electron chi connectivity index (χ0n) is 17.7. The highest BCUT2D eigenvalue weighted by atomic mass is 14.4. The third kappa shape index (κ3) is 5.26. The maximum Gasteiger partial charge on any atom is -0.0326 e. The molecular formula is C25H46. The van der Waals surface area contributed by atoms with Gasteiger partial charge in [0.05, 0.1) is 0 Å². The molecule has 0 amide bonds. The number of hydrogen-bond donors (Lipinski definition) is 0. The molecule has 0 spiro atoms. The van der Waals surface area contributed by atoms with Gasteiger partial charge in [0.25, 0.3) is 0 Å². The van der Waals surface area contributed by atoms with Gasteiger partial charge < -0.3 is 0 Å². The lowest BCUT2D eigenvalue weighted by Crippen LogP contribution is -2.32. The fourth-order valence-electron chi connectivity index (χ4n) is 7.11.